The van der Waals surface area contributed by atoms with Crippen LogP contribution in [0.4, 0.5) is 0 Å². The fraction of sp³-hybridized carbons (Fsp3) is 0.0909. The van der Waals surface area contributed by atoms with Gasteiger partial charge < -0.3 is 9.15 Å². The van der Waals surface area contributed by atoms with E-state index in [0.29, 0.717) is 5.56 Å². The van der Waals surface area contributed by atoms with Crippen molar-refractivity contribution in [2.24, 2.45) is 0 Å². The number of benzene rings is 2. The molecule has 0 aliphatic heterocycles. The number of hydrogen-bond acceptors (Lipinski definition) is 4. The van der Waals surface area contributed by atoms with E-state index < -0.39 is 0 Å². The molecule has 0 unspecified atom stereocenters. The van der Waals surface area contributed by atoms with E-state index in [-0.39, 0.29) is 12.2 Å². The first kappa shape index (κ1) is 16.8. The Hall–Kier alpha value is -3.60. The molecule has 1 N–H and O–H groups in total. The zero-order valence-corrected chi connectivity index (χ0v) is 14.8. The summed E-state index contributed by atoms with van der Waals surface area (Å²) in [5, 5.41) is 7.48. The number of H-pyrrole nitrogens is 1. The molecule has 5 nitrogen and oxygen atoms in total. The third kappa shape index (κ3) is 3.53. The third-order valence-electron chi connectivity index (χ3n) is 4.41. The number of carbonyl (C=O) groups excluding carboxylic acids is 1. The van der Waals surface area contributed by atoms with Crippen molar-refractivity contribution < 1.29 is 13.9 Å². The molecule has 2 aromatic carbocycles. The van der Waals surface area contributed by atoms with Crippen molar-refractivity contribution in [2.75, 3.05) is 7.11 Å². The minimum absolute atomic E-state index is 0.00875. The summed E-state index contributed by atoms with van der Waals surface area (Å²) in [6, 6.07) is 19.3. The lowest BCUT2D eigenvalue weighted by atomic mass is 10.0. The van der Waals surface area contributed by atoms with Crippen LogP contribution in [0.15, 0.2) is 77.6 Å². The van der Waals surface area contributed by atoms with Crippen LogP contribution in [-0.2, 0) is 6.42 Å². The van der Waals surface area contributed by atoms with Crippen LogP contribution in [0.3, 0.4) is 0 Å². The van der Waals surface area contributed by atoms with Gasteiger partial charge in [0.05, 0.1) is 30.3 Å². The lowest BCUT2D eigenvalue weighted by Gasteiger charge is -2.09. The van der Waals surface area contributed by atoms with Crippen LogP contribution < -0.4 is 4.74 Å². The highest BCUT2D eigenvalue weighted by atomic mass is 16.5. The molecule has 4 aromatic rings. The Labute approximate surface area is 156 Å². The quantitative estimate of drug-likeness (QED) is 0.504. The second-order valence-corrected chi connectivity index (χ2v) is 6.18. The summed E-state index contributed by atoms with van der Waals surface area (Å²) in [5.41, 5.74) is 5.05. The zero-order chi connectivity index (χ0) is 18.6. The van der Waals surface area contributed by atoms with Gasteiger partial charge in [0.2, 0.25) is 0 Å². The van der Waals surface area contributed by atoms with Gasteiger partial charge in [0.25, 0.3) is 0 Å². The van der Waals surface area contributed by atoms with Gasteiger partial charge in [-0.05, 0) is 29.8 Å². The highest BCUT2D eigenvalue weighted by Crippen LogP contribution is 2.32. The largest absolute Gasteiger partial charge is 0.496 e. The number of Topliss-reactive ketones (excluding diaryl/α,β-unsaturated/α-hetero) is 1. The van der Waals surface area contributed by atoms with Gasteiger partial charge >= 0.3 is 0 Å². The molecule has 0 spiro atoms. The van der Waals surface area contributed by atoms with E-state index in [4.69, 9.17) is 9.15 Å². The highest BCUT2D eigenvalue weighted by Gasteiger charge is 2.14. The lowest BCUT2D eigenvalue weighted by Crippen LogP contribution is -2.02. The van der Waals surface area contributed by atoms with Crippen molar-refractivity contribution in [2.45, 2.75) is 6.42 Å². The molecular weight excluding hydrogens is 340 g/mol. The molecule has 0 radical (unpaired) electrons. The van der Waals surface area contributed by atoms with E-state index in [1.165, 1.54) is 12.5 Å². The second-order valence-electron chi connectivity index (χ2n) is 6.18. The molecule has 0 fully saturated rings. The number of ketones is 1. The molecule has 134 valence electrons. The Morgan fingerprint density at radius 3 is 2.70 bits per heavy atom. The van der Waals surface area contributed by atoms with Crippen molar-refractivity contribution in [1.82, 2.24) is 10.2 Å². The fourth-order valence-electron chi connectivity index (χ4n) is 3.00. The Morgan fingerprint density at radius 2 is 1.96 bits per heavy atom. The summed E-state index contributed by atoms with van der Waals surface area (Å²) < 4.78 is 10.5. The number of methoxy groups -OCH3 is 1. The highest BCUT2D eigenvalue weighted by molar-refractivity contribution is 5.97. The number of furan rings is 1. The second kappa shape index (κ2) is 7.33. The molecule has 27 heavy (non-hydrogen) atoms. The minimum atomic E-state index is 0.00875. The van der Waals surface area contributed by atoms with Gasteiger partial charge in [-0.15, -0.1) is 0 Å². The van der Waals surface area contributed by atoms with Crippen LogP contribution in [0.25, 0.3) is 22.5 Å². The summed E-state index contributed by atoms with van der Waals surface area (Å²) in [7, 11) is 1.63. The van der Waals surface area contributed by atoms with Gasteiger partial charge in [0.15, 0.2) is 5.78 Å². The molecule has 0 saturated carbocycles. The smallest absolute Gasteiger partial charge is 0.170 e. The van der Waals surface area contributed by atoms with E-state index >= 15 is 0 Å². The van der Waals surface area contributed by atoms with Crippen molar-refractivity contribution in [3.8, 4) is 28.3 Å². The van der Waals surface area contributed by atoms with E-state index in [1.807, 2.05) is 54.6 Å². The molecule has 0 amide bonds. The van der Waals surface area contributed by atoms with Crippen LogP contribution >= 0.6 is 0 Å². The van der Waals surface area contributed by atoms with Gasteiger partial charge in [-0.25, -0.2) is 0 Å². The summed E-state index contributed by atoms with van der Waals surface area (Å²) >= 11 is 0. The first-order valence-corrected chi connectivity index (χ1v) is 8.58. The topological polar surface area (TPSA) is 68.1 Å². The first-order chi connectivity index (χ1) is 13.2. The number of aromatic nitrogens is 2. The monoisotopic (exact) mass is 358 g/mol. The van der Waals surface area contributed by atoms with E-state index in [9.17, 15) is 4.79 Å². The molecule has 2 aromatic heterocycles. The summed E-state index contributed by atoms with van der Waals surface area (Å²) in [6.45, 7) is 0. The normalized spacial score (nSPS) is 10.7. The maximum atomic E-state index is 12.4. The van der Waals surface area contributed by atoms with Crippen molar-refractivity contribution in [3.63, 3.8) is 0 Å². The predicted molar refractivity (Wildman–Crippen MR) is 103 cm³/mol. The maximum Gasteiger partial charge on any atom is 0.170 e. The maximum absolute atomic E-state index is 12.4. The summed E-state index contributed by atoms with van der Waals surface area (Å²) in [4.78, 5) is 12.4. The van der Waals surface area contributed by atoms with Crippen LogP contribution in [0.2, 0.25) is 0 Å². The summed E-state index contributed by atoms with van der Waals surface area (Å²) in [6.07, 6.45) is 3.26. The number of nitrogens with one attached hydrogen (secondary N) is 1. The first-order valence-electron chi connectivity index (χ1n) is 8.58. The SMILES string of the molecule is COc1ccc(CC(=O)c2ccoc2)cc1-c1cc(-c2ccccc2)n[nH]1. The average Bonchev–Trinajstić information content (AvgIpc) is 3.41. The molecule has 0 aliphatic rings. The van der Waals surface area contributed by atoms with Crippen molar-refractivity contribution in [3.05, 3.63) is 84.3 Å². The van der Waals surface area contributed by atoms with E-state index in [1.54, 1.807) is 13.2 Å². The minimum Gasteiger partial charge on any atom is -0.496 e. The van der Waals surface area contributed by atoms with Gasteiger partial charge in [-0.2, -0.15) is 5.10 Å². The Kier molecular flexibility index (Phi) is 4.58. The van der Waals surface area contributed by atoms with E-state index in [2.05, 4.69) is 10.2 Å². The lowest BCUT2D eigenvalue weighted by molar-refractivity contribution is 0.0992. The number of nitrogens with zero attached hydrogens (tertiary/aromatic N) is 1. The molecule has 5 heteroatoms. The van der Waals surface area contributed by atoms with Gasteiger partial charge in [-0.3, -0.25) is 9.89 Å². The Morgan fingerprint density at radius 1 is 1.11 bits per heavy atom. The van der Waals surface area contributed by atoms with Crippen molar-refractivity contribution in [1.29, 1.82) is 0 Å². The number of hydrogen-bond donors (Lipinski definition) is 1. The number of rotatable bonds is 6. The Bertz CT molecular complexity index is 1050. The summed E-state index contributed by atoms with van der Waals surface area (Å²) in [5.74, 6) is 0.729. The Balaban J connectivity index is 1.65. The van der Waals surface area contributed by atoms with E-state index in [0.717, 1.165) is 33.8 Å². The zero-order valence-electron chi connectivity index (χ0n) is 14.8. The third-order valence-corrected chi connectivity index (χ3v) is 4.41. The molecule has 0 atom stereocenters. The van der Waals surface area contributed by atoms with Crippen LogP contribution in [0.1, 0.15) is 15.9 Å². The van der Waals surface area contributed by atoms with Gasteiger partial charge in [0, 0.05) is 17.5 Å². The number of ether oxygens (including phenoxy) is 1. The molecule has 0 saturated heterocycles. The van der Waals surface area contributed by atoms with Crippen LogP contribution in [0, 0.1) is 0 Å². The molecule has 0 bridgehead atoms. The van der Waals surface area contributed by atoms with Crippen molar-refractivity contribution >= 4 is 5.78 Å². The average molecular weight is 358 g/mol. The molecule has 2 heterocycles. The van der Waals surface area contributed by atoms with Crippen LogP contribution in [0.5, 0.6) is 5.75 Å². The van der Waals surface area contributed by atoms with Gasteiger partial charge in [0.1, 0.15) is 12.0 Å². The standard InChI is InChI=1S/C22H18N2O3/c1-26-22-8-7-15(12-21(25)17-9-10-27-14-17)11-18(22)20-13-19(23-24-20)16-5-3-2-4-6-16/h2-11,13-14H,12H2,1H3,(H,23,24). The molecular formula is C22H18N2O3. The predicted octanol–water partition coefficient (Wildman–Crippen LogP) is 4.77. The van der Waals surface area contributed by atoms with Gasteiger partial charge in [-0.1, -0.05) is 36.4 Å². The van der Waals surface area contributed by atoms with Crippen LogP contribution in [-0.4, -0.2) is 23.1 Å². The number of carbonyl (C=O) groups is 1. The molecule has 0 aliphatic carbocycles. The fourth-order valence-corrected chi connectivity index (χ4v) is 3.00. The molecule has 4 rings (SSSR count). The number of aromatic amines is 1.